The number of hydrogen-bond acceptors (Lipinski definition) is 5. The minimum absolute atomic E-state index is 0.0338. The fourth-order valence-electron chi connectivity index (χ4n) is 2.94. The number of pyridine rings is 1. The van der Waals surface area contributed by atoms with E-state index in [4.69, 9.17) is 21.1 Å². The first-order chi connectivity index (χ1) is 15.9. The van der Waals surface area contributed by atoms with Crippen molar-refractivity contribution >= 4 is 23.5 Å². The molecule has 0 unspecified atom stereocenters. The van der Waals surface area contributed by atoms with Crippen molar-refractivity contribution in [2.24, 2.45) is 0 Å². The highest BCUT2D eigenvalue weighted by atomic mass is 35.5. The molecule has 1 aromatic heterocycles. The first-order valence-corrected chi connectivity index (χ1v) is 10.7. The third kappa shape index (κ3) is 6.51. The summed E-state index contributed by atoms with van der Waals surface area (Å²) in [5.41, 5.74) is 0.461. The summed E-state index contributed by atoms with van der Waals surface area (Å²) in [7, 11) is 0. The molecule has 0 aliphatic rings. The molecule has 0 saturated carbocycles. The van der Waals surface area contributed by atoms with Crippen LogP contribution in [0.1, 0.15) is 60.0 Å². The van der Waals surface area contributed by atoms with Gasteiger partial charge in [-0.05, 0) is 63.6 Å². The van der Waals surface area contributed by atoms with E-state index < -0.39 is 35.2 Å². The number of amides is 1. The van der Waals surface area contributed by atoms with Gasteiger partial charge in [-0.1, -0.05) is 23.7 Å². The average molecular weight is 489 g/mol. The number of nitrogens with zero attached hydrogens (tertiary/aromatic N) is 1. The highest BCUT2D eigenvalue weighted by molar-refractivity contribution is 6.30. The second-order valence-corrected chi connectivity index (χ2v) is 8.94. The van der Waals surface area contributed by atoms with E-state index >= 15 is 0 Å². The third-order valence-corrected chi connectivity index (χ3v) is 4.76. The van der Waals surface area contributed by atoms with Crippen molar-refractivity contribution in [3.63, 3.8) is 0 Å². The predicted molar refractivity (Wildman–Crippen MR) is 123 cm³/mol. The summed E-state index contributed by atoms with van der Waals surface area (Å²) in [5.74, 6) is -3.22. The van der Waals surface area contributed by atoms with Crippen LogP contribution in [0.2, 0.25) is 5.02 Å². The van der Waals surface area contributed by atoms with Gasteiger partial charge in [-0.3, -0.25) is 4.79 Å². The molecule has 0 fully saturated rings. The summed E-state index contributed by atoms with van der Waals surface area (Å²) in [5, 5.41) is 2.96. The quantitative estimate of drug-likeness (QED) is 0.415. The maximum atomic E-state index is 14.0. The Morgan fingerprint density at radius 3 is 2.35 bits per heavy atom. The number of esters is 1. The van der Waals surface area contributed by atoms with Gasteiger partial charge in [-0.15, -0.1) is 0 Å². The third-order valence-electron chi connectivity index (χ3n) is 4.56. The van der Waals surface area contributed by atoms with Gasteiger partial charge < -0.3 is 14.8 Å². The molecule has 178 valence electrons. The summed E-state index contributed by atoms with van der Waals surface area (Å²) in [6, 6.07) is 10.3. The van der Waals surface area contributed by atoms with Gasteiger partial charge in [-0.25, -0.2) is 18.6 Å². The molecule has 34 heavy (non-hydrogen) atoms. The first-order valence-electron chi connectivity index (χ1n) is 10.4. The van der Waals surface area contributed by atoms with Crippen molar-refractivity contribution in [3.05, 3.63) is 88.1 Å². The minimum atomic E-state index is -0.943. The summed E-state index contributed by atoms with van der Waals surface area (Å²) >= 11 is 6.00. The van der Waals surface area contributed by atoms with Gasteiger partial charge >= 0.3 is 5.97 Å². The number of hydrogen-bond donors (Lipinski definition) is 1. The number of halogens is 3. The molecule has 0 bridgehead atoms. The van der Waals surface area contributed by atoms with Crippen molar-refractivity contribution in [2.75, 3.05) is 0 Å². The molecule has 0 spiro atoms. The van der Waals surface area contributed by atoms with Crippen LogP contribution in [-0.2, 0) is 4.74 Å². The summed E-state index contributed by atoms with van der Waals surface area (Å²) < 4.78 is 37.9. The normalized spacial score (nSPS) is 12.1. The molecule has 0 aliphatic carbocycles. The van der Waals surface area contributed by atoms with Gasteiger partial charge in [0.15, 0.2) is 11.6 Å². The molecule has 0 radical (unpaired) electrons. The minimum Gasteiger partial charge on any atom is -0.456 e. The van der Waals surface area contributed by atoms with E-state index in [1.54, 1.807) is 52.0 Å². The second kappa shape index (κ2) is 10.2. The molecule has 6 nitrogen and oxygen atoms in total. The zero-order chi connectivity index (χ0) is 25.0. The number of carbonyl (C=O) groups is 2. The van der Waals surface area contributed by atoms with E-state index in [0.29, 0.717) is 11.6 Å². The molecule has 1 atom stereocenters. The van der Waals surface area contributed by atoms with E-state index in [1.807, 2.05) is 0 Å². The number of nitrogens with one attached hydrogen (secondary N) is 1. The Morgan fingerprint density at radius 2 is 1.74 bits per heavy atom. The maximum Gasteiger partial charge on any atom is 0.338 e. The van der Waals surface area contributed by atoms with Gasteiger partial charge in [0.2, 0.25) is 5.88 Å². The molecule has 1 heterocycles. The van der Waals surface area contributed by atoms with E-state index in [2.05, 4.69) is 10.3 Å². The molecule has 3 aromatic rings. The summed E-state index contributed by atoms with van der Waals surface area (Å²) in [4.78, 5) is 29.1. The fraction of sp³-hybridized carbons (Fsp3) is 0.240. The fourth-order valence-corrected chi connectivity index (χ4v) is 3.09. The van der Waals surface area contributed by atoms with Crippen LogP contribution in [0, 0.1) is 11.6 Å². The SMILES string of the molecule is C[C@H](NC(=O)c1cc(Cl)cnc1Oc1ccc(F)cc1F)c1ccc(C(=O)OC(C)(C)C)cc1. The van der Waals surface area contributed by atoms with Gasteiger partial charge in [0.25, 0.3) is 5.91 Å². The molecule has 1 amide bonds. The van der Waals surface area contributed by atoms with Crippen molar-refractivity contribution in [3.8, 4) is 11.6 Å². The Balaban J connectivity index is 1.76. The van der Waals surface area contributed by atoms with E-state index in [-0.39, 0.29) is 22.2 Å². The highest BCUT2D eigenvalue weighted by Crippen LogP contribution is 2.28. The van der Waals surface area contributed by atoms with Gasteiger partial charge in [-0.2, -0.15) is 0 Å². The lowest BCUT2D eigenvalue weighted by molar-refractivity contribution is 0.00693. The predicted octanol–water partition coefficient (Wildman–Crippen LogP) is 6.25. The zero-order valence-electron chi connectivity index (χ0n) is 19.0. The van der Waals surface area contributed by atoms with Crippen LogP contribution >= 0.6 is 11.6 Å². The van der Waals surface area contributed by atoms with Crippen molar-refractivity contribution in [2.45, 2.75) is 39.3 Å². The standard InChI is InChI=1S/C25H23ClF2N2O4/c1-14(15-5-7-16(8-6-15)24(32)34-25(2,3)4)30-22(31)19-11-17(26)13-29-23(19)33-21-10-9-18(27)12-20(21)28/h5-14H,1-4H3,(H,30,31)/t14-/m0/s1. The van der Waals surface area contributed by atoms with Crippen LogP contribution in [0.25, 0.3) is 0 Å². The number of carbonyl (C=O) groups excluding carboxylic acids is 2. The molecule has 2 aromatic carbocycles. The van der Waals surface area contributed by atoms with Crippen LogP contribution in [-0.4, -0.2) is 22.5 Å². The molecular weight excluding hydrogens is 466 g/mol. The molecule has 3 rings (SSSR count). The number of aromatic nitrogens is 1. The lowest BCUT2D eigenvalue weighted by Crippen LogP contribution is -2.27. The smallest absolute Gasteiger partial charge is 0.338 e. The molecule has 9 heteroatoms. The lowest BCUT2D eigenvalue weighted by Gasteiger charge is -2.20. The van der Waals surface area contributed by atoms with E-state index in [9.17, 15) is 18.4 Å². The monoisotopic (exact) mass is 488 g/mol. The Bertz CT molecular complexity index is 1210. The Labute approximate surface area is 200 Å². The number of rotatable bonds is 6. The highest BCUT2D eigenvalue weighted by Gasteiger charge is 2.21. The molecule has 0 saturated heterocycles. The van der Waals surface area contributed by atoms with Crippen LogP contribution in [0.4, 0.5) is 8.78 Å². The van der Waals surface area contributed by atoms with Crippen molar-refractivity contribution in [1.29, 1.82) is 0 Å². The molecular formula is C25H23ClF2N2O4. The largest absolute Gasteiger partial charge is 0.456 e. The molecule has 1 N–H and O–H groups in total. The van der Waals surface area contributed by atoms with E-state index in [1.165, 1.54) is 12.3 Å². The Hall–Kier alpha value is -3.52. The Morgan fingerprint density at radius 1 is 1.06 bits per heavy atom. The van der Waals surface area contributed by atoms with Gasteiger partial charge in [0.1, 0.15) is 17.0 Å². The zero-order valence-corrected chi connectivity index (χ0v) is 19.7. The topological polar surface area (TPSA) is 77.5 Å². The van der Waals surface area contributed by atoms with E-state index in [0.717, 1.165) is 17.7 Å². The van der Waals surface area contributed by atoms with Crippen LogP contribution < -0.4 is 10.1 Å². The van der Waals surface area contributed by atoms with Crippen LogP contribution in [0.3, 0.4) is 0 Å². The van der Waals surface area contributed by atoms with Crippen molar-refractivity contribution < 1.29 is 27.8 Å². The van der Waals surface area contributed by atoms with Gasteiger partial charge in [0, 0.05) is 12.3 Å². The van der Waals surface area contributed by atoms with Gasteiger partial charge in [0.05, 0.1) is 16.6 Å². The molecule has 0 aliphatic heterocycles. The Kier molecular flexibility index (Phi) is 7.51. The summed E-state index contributed by atoms with van der Waals surface area (Å²) in [6.45, 7) is 7.09. The second-order valence-electron chi connectivity index (χ2n) is 8.50. The average Bonchev–Trinajstić information content (AvgIpc) is 2.75. The van der Waals surface area contributed by atoms with Crippen LogP contribution in [0.15, 0.2) is 54.7 Å². The number of benzene rings is 2. The lowest BCUT2D eigenvalue weighted by atomic mass is 10.1. The van der Waals surface area contributed by atoms with Crippen molar-refractivity contribution in [1.82, 2.24) is 10.3 Å². The number of ether oxygens (including phenoxy) is 2. The summed E-state index contributed by atoms with van der Waals surface area (Å²) in [6.07, 6.45) is 1.24. The maximum absolute atomic E-state index is 14.0. The van der Waals surface area contributed by atoms with Crippen LogP contribution in [0.5, 0.6) is 11.6 Å². The first kappa shape index (κ1) is 25.1.